The second kappa shape index (κ2) is 4.39. The molecule has 0 spiro atoms. The Hall–Kier alpha value is -1.43. The molecule has 0 atom stereocenters. The first-order valence-electron chi connectivity index (χ1n) is 3.80. The Labute approximate surface area is 88.1 Å². The van der Waals surface area contributed by atoms with Gasteiger partial charge in [-0.05, 0) is 6.07 Å². The monoisotopic (exact) mass is 237 g/mol. The number of pyridine rings is 1. The molecule has 0 radical (unpaired) electrons. The Balaban J connectivity index is 3.17. The van der Waals surface area contributed by atoms with Gasteiger partial charge >= 0.3 is 5.97 Å². The Bertz CT molecular complexity index is 398. The predicted octanol–water partition coefficient (Wildman–Crippen LogP) is 2.01. The Morgan fingerprint density at radius 3 is 2.67 bits per heavy atom. The van der Waals surface area contributed by atoms with E-state index < -0.39 is 30.3 Å². The molecule has 15 heavy (non-hydrogen) atoms. The van der Waals surface area contributed by atoms with Gasteiger partial charge in [-0.1, -0.05) is 11.6 Å². The van der Waals surface area contributed by atoms with Crippen LogP contribution in [0.2, 0.25) is 5.02 Å². The summed E-state index contributed by atoms with van der Waals surface area (Å²) in [6.45, 7) is 0. The zero-order chi connectivity index (χ0) is 11.6. The highest BCUT2D eigenvalue weighted by Gasteiger charge is 2.19. The summed E-state index contributed by atoms with van der Waals surface area (Å²) < 4.78 is 24.6. The topological polar surface area (TPSA) is 70.4 Å². The Morgan fingerprint density at radius 2 is 2.20 bits per heavy atom. The van der Waals surface area contributed by atoms with Gasteiger partial charge in [0.15, 0.2) is 5.75 Å². The standard InChI is InChI=1S/C8H6ClF2NO3/c9-4-1-3(2-5(13)14)12-6(7(4)15)8(10)11/h1,8,15H,2H2,(H,13,14). The summed E-state index contributed by atoms with van der Waals surface area (Å²) in [6, 6.07) is 1.04. The highest BCUT2D eigenvalue weighted by molar-refractivity contribution is 6.32. The molecule has 82 valence electrons. The molecule has 0 saturated heterocycles. The molecule has 0 bridgehead atoms. The van der Waals surface area contributed by atoms with Crippen LogP contribution in [0.1, 0.15) is 17.8 Å². The normalized spacial score (nSPS) is 10.7. The maximum atomic E-state index is 12.3. The van der Waals surface area contributed by atoms with Crippen LogP contribution in [-0.4, -0.2) is 21.2 Å². The van der Waals surface area contributed by atoms with Crippen molar-refractivity contribution in [3.8, 4) is 5.75 Å². The summed E-state index contributed by atoms with van der Waals surface area (Å²) >= 11 is 5.43. The van der Waals surface area contributed by atoms with Crippen molar-refractivity contribution in [3.63, 3.8) is 0 Å². The summed E-state index contributed by atoms with van der Waals surface area (Å²) in [5, 5.41) is 17.2. The van der Waals surface area contributed by atoms with Crippen LogP contribution in [-0.2, 0) is 11.2 Å². The molecule has 0 aliphatic carbocycles. The molecule has 0 amide bonds. The number of rotatable bonds is 3. The van der Waals surface area contributed by atoms with Gasteiger partial charge in [-0.15, -0.1) is 0 Å². The quantitative estimate of drug-likeness (QED) is 0.844. The molecule has 0 saturated carbocycles. The van der Waals surface area contributed by atoms with E-state index in [-0.39, 0.29) is 10.7 Å². The molecular formula is C8H6ClF2NO3. The van der Waals surface area contributed by atoms with Crippen LogP contribution in [0, 0.1) is 0 Å². The highest BCUT2D eigenvalue weighted by Crippen LogP contribution is 2.33. The van der Waals surface area contributed by atoms with Crippen molar-refractivity contribution >= 4 is 17.6 Å². The molecule has 0 unspecified atom stereocenters. The number of carbonyl (C=O) groups is 1. The fourth-order valence-corrected chi connectivity index (χ4v) is 1.20. The molecule has 0 aliphatic rings. The summed E-state index contributed by atoms with van der Waals surface area (Å²) in [7, 11) is 0. The molecule has 2 N–H and O–H groups in total. The number of alkyl halides is 2. The largest absolute Gasteiger partial charge is 0.504 e. The van der Waals surface area contributed by atoms with Crippen molar-refractivity contribution in [2.75, 3.05) is 0 Å². The number of carboxylic acids is 1. The molecule has 7 heteroatoms. The van der Waals surface area contributed by atoms with Crippen molar-refractivity contribution < 1.29 is 23.8 Å². The fraction of sp³-hybridized carbons (Fsp3) is 0.250. The first-order chi connectivity index (χ1) is 6.91. The van der Waals surface area contributed by atoms with E-state index >= 15 is 0 Å². The molecule has 4 nitrogen and oxygen atoms in total. The van der Waals surface area contributed by atoms with Crippen LogP contribution in [0.15, 0.2) is 6.07 Å². The third-order valence-corrected chi connectivity index (χ3v) is 1.85. The van der Waals surface area contributed by atoms with E-state index in [4.69, 9.17) is 21.8 Å². The average Bonchev–Trinajstić information content (AvgIpc) is 2.09. The summed E-state index contributed by atoms with van der Waals surface area (Å²) in [4.78, 5) is 13.6. The van der Waals surface area contributed by atoms with Gasteiger partial charge in [-0.25, -0.2) is 13.8 Å². The zero-order valence-corrected chi connectivity index (χ0v) is 8.00. The smallest absolute Gasteiger partial charge is 0.309 e. The molecule has 0 aromatic carbocycles. The van der Waals surface area contributed by atoms with Gasteiger partial charge in [0.2, 0.25) is 0 Å². The summed E-state index contributed by atoms with van der Waals surface area (Å²) in [6.07, 6.45) is -3.53. The fourth-order valence-electron chi connectivity index (χ4n) is 0.975. The summed E-state index contributed by atoms with van der Waals surface area (Å²) in [5.41, 5.74) is -1.03. The first-order valence-corrected chi connectivity index (χ1v) is 4.18. The van der Waals surface area contributed by atoms with E-state index in [9.17, 15) is 13.6 Å². The minimum Gasteiger partial charge on any atom is -0.504 e. The number of aromatic hydroxyl groups is 1. The maximum Gasteiger partial charge on any atom is 0.309 e. The van der Waals surface area contributed by atoms with Gasteiger partial charge < -0.3 is 10.2 Å². The lowest BCUT2D eigenvalue weighted by Crippen LogP contribution is -2.04. The van der Waals surface area contributed by atoms with Gasteiger partial charge in [-0.2, -0.15) is 0 Å². The van der Waals surface area contributed by atoms with Gasteiger partial charge in [0.25, 0.3) is 6.43 Å². The molecule has 1 rings (SSSR count). The highest BCUT2D eigenvalue weighted by atomic mass is 35.5. The van der Waals surface area contributed by atoms with Crippen molar-refractivity contribution in [1.82, 2.24) is 4.98 Å². The second-order valence-corrected chi connectivity index (χ2v) is 3.11. The SMILES string of the molecule is O=C(O)Cc1cc(Cl)c(O)c(C(F)F)n1. The molecule has 1 aromatic heterocycles. The minimum absolute atomic E-state index is 0.124. The molecular weight excluding hydrogens is 232 g/mol. The Morgan fingerprint density at radius 1 is 1.60 bits per heavy atom. The third-order valence-electron chi connectivity index (χ3n) is 1.57. The molecule has 0 aliphatic heterocycles. The first kappa shape index (κ1) is 11.6. The summed E-state index contributed by atoms with van der Waals surface area (Å²) in [5.74, 6) is -2.04. The number of aliphatic carboxylic acids is 1. The van der Waals surface area contributed by atoms with Crippen LogP contribution in [0.4, 0.5) is 8.78 Å². The van der Waals surface area contributed by atoms with E-state index in [0.29, 0.717) is 0 Å². The number of halogens is 3. The third kappa shape index (κ3) is 2.76. The molecule has 0 fully saturated rings. The number of hydrogen-bond acceptors (Lipinski definition) is 3. The number of carboxylic acid groups (broad SMARTS) is 1. The molecule has 1 aromatic rings. The van der Waals surface area contributed by atoms with Gasteiger partial charge in [0.1, 0.15) is 5.69 Å². The van der Waals surface area contributed by atoms with Gasteiger partial charge in [-0.3, -0.25) is 4.79 Å². The lowest BCUT2D eigenvalue weighted by Gasteiger charge is -2.06. The second-order valence-electron chi connectivity index (χ2n) is 2.70. The van der Waals surface area contributed by atoms with Crippen LogP contribution in [0.3, 0.4) is 0 Å². The predicted molar refractivity (Wildman–Crippen MR) is 47.2 cm³/mol. The number of nitrogens with zero attached hydrogens (tertiary/aromatic N) is 1. The van der Waals surface area contributed by atoms with Crippen molar-refractivity contribution in [3.05, 3.63) is 22.5 Å². The van der Waals surface area contributed by atoms with Crippen molar-refractivity contribution in [2.24, 2.45) is 0 Å². The average molecular weight is 238 g/mol. The van der Waals surface area contributed by atoms with Crippen LogP contribution >= 0.6 is 11.6 Å². The van der Waals surface area contributed by atoms with E-state index in [0.717, 1.165) is 6.07 Å². The van der Waals surface area contributed by atoms with Crippen LogP contribution < -0.4 is 0 Å². The van der Waals surface area contributed by atoms with Gasteiger partial charge in [0, 0.05) is 0 Å². The lowest BCUT2D eigenvalue weighted by atomic mass is 10.2. The van der Waals surface area contributed by atoms with Crippen molar-refractivity contribution in [2.45, 2.75) is 12.8 Å². The number of hydrogen-bond donors (Lipinski definition) is 2. The van der Waals surface area contributed by atoms with E-state index in [2.05, 4.69) is 4.98 Å². The minimum atomic E-state index is -3.00. The molecule has 1 heterocycles. The van der Waals surface area contributed by atoms with E-state index in [1.54, 1.807) is 0 Å². The van der Waals surface area contributed by atoms with Gasteiger partial charge in [0.05, 0.1) is 17.1 Å². The number of aromatic nitrogens is 1. The van der Waals surface area contributed by atoms with Crippen molar-refractivity contribution in [1.29, 1.82) is 0 Å². The van der Waals surface area contributed by atoms with E-state index in [1.165, 1.54) is 0 Å². The maximum absolute atomic E-state index is 12.3. The van der Waals surface area contributed by atoms with Crippen LogP contribution in [0.25, 0.3) is 0 Å². The lowest BCUT2D eigenvalue weighted by molar-refractivity contribution is -0.136. The Kier molecular flexibility index (Phi) is 3.41. The zero-order valence-electron chi connectivity index (χ0n) is 7.25. The van der Waals surface area contributed by atoms with Crippen LogP contribution in [0.5, 0.6) is 5.75 Å². The van der Waals surface area contributed by atoms with E-state index in [1.807, 2.05) is 0 Å².